The molecular formula is C19H20N4O2S. The molecule has 0 bridgehead atoms. The van der Waals surface area contributed by atoms with E-state index < -0.39 is 0 Å². The maximum absolute atomic E-state index is 12.4. The Balaban J connectivity index is 1.65. The van der Waals surface area contributed by atoms with Crippen molar-refractivity contribution in [3.05, 3.63) is 59.0 Å². The van der Waals surface area contributed by atoms with Crippen molar-refractivity contribution in [3.8, 4) is 10.4 Å². The molecule has 0 unspecified atom stereocenters. The van der Waals surface area contributed by atoms with Crippen LogP contribution in [-0.4, -0.2) is 33.0 Å². The summed E-state index contributed by atoms with van der Waals surface area (Å²) in [4.78, 5) is 25.6. The number of Topliss-reactive ketones (excluding diaryl/α,β-unsaturated/α-hetero) is 1. The van der Waals surface area contributed by atoms with Gasteiger partial charge in [-0.2, -0.15) is 0 Å². The smallest absolute Gasteiger partial charge is 0.251 e. The molecule has 134 valence electrons. The predicted octanol–water partition coefficient (Wildman–Crippen LogP) is 3.20. The molecule has 0 atom stereocenters. The van der Waals surface area contributed by atoms with Gasteiger partial charge in [0.25, 0.3) is 5.91 Å². The second kappa shape index (κ2) is 8.05. The van der Waals surface area contributed by atoms with Crippen molar-refractivity contribution in [2.75, 3.05) is 6.54 Å². The Morgan fingerprint density at radius 2 is 2.08 bits per heavy atom. The molecule has 0 radical (unpaired) electrons. The van der Waals surface area contributed by atoms with Crippen LogP contribution in [0.3, 0.4) is 0 Å². The van der Waals surface area contributed by atoms with Gasteiger partial charge < -0.3 is 9.88 Å². The summed E-state index contributed by atoms with van der Waals surface area (Å²) in [6.45, 7) is 4.88. The number of thiophene rings is 1. The van der Waals surface area contributed by atoms with E-state index in [0.29, 0.717) is 18.5 Å². The molecule has 2 aromatic heterocycles. The molecule has 0 saturated heterocycles. The zero-order valence-corrected chi connectivity index (χ0v) is 15.5. The first-order valence-corrected chi connectivity index (χ1v) is 9.26. The minimum atomic E-state index is -0.127. The SMILES string of the molecule is CCn1cnnc1CCNC(=O)c1cccc(-c2ccc(C(C)=O)s2)c1. The molecule has 0 aliphatic rings. The molecule has 0 saturated carbocycles. The fourth-order valence-corrected chi connectivity index (χ4v) is 3.52. The number of aryl methyl sites for hydroxylation is 1. The molecule has 3 aromatic rings. The number of nitrogens with one attached hydrogen (secondary N) is 1. The lowest BCUT2D eigenvalue weighted by molar-refractivity contribution is 0.0953. The number of hydrogen-bond acceptors (Lipinski definition) is 5. The maximum Gasteiger partial charge on any atom is 0.251 e. The highest BCUT2D eigenvalue weighted by atomic mass is 32.1. The van der Waals surface area contributed by atoms with Crippen molar-refractivity contribution in [1.82, 2.24) is 20.1 Å². The van der Waals surface area contributed by atoms with Crippen LogP contribution in [0.2, 0.25) is 0 Å². The molecule has 0 aliphatic heterocycles. The summed E-state index contributed by atoms with van der Waals surface area (Å²) in [5, 5.41) is 10.9. The second-order valence-electron chi connectivity index (χ2n) is 5.84. The number of aromatic nitrogens is 3. The van der Waals surface area contributed by atoms with E-state index in [1.807, 2.05) is 41.8 Å². The van der Waals surface area contributed by atoms with Gasteiger partial charge in [-0.1, -0.05) is 12.1 Å². The number of carbonyl (C=O) groups is 2. The lowest BCUT2D eigenvalue weighted by Crippen LogP contribution is -2.26. The van der Waals surface area contributed by atoms with Gasteiger partial charge in [0, 0.05) is 30.0 Å². The highest BCUT2D eigenvalue weighted by molar-refractivity contribution is 7.17. The highest BCUT2D eigenvalue weighted by Gasteiger charge is 2.10. The topological polar surface area (TPSA) is 76.9 Å². The largest absolute Gasteiger partial charge is 0.352 e. The van der Waals surface area contributed by atoms with Gasteiger partial charge in [-0.05, 0) is 43.7 Å². The van der Waals surface area contributed by atoms with Crippen LogP contribution in [0, 0.1) is 0 Å². The third-order valence-corrected chi connectivity index (χ3v) is 5.27. The summed E-state index contributed by atoms with van der Waals surface area (Å²) in [6, 6.07) is 11.2. The summed E-state index contributed by atoms with van der Waals surface area (Å²) < 4.78 is 1.95. The first-order chi connectivity index (χ1) is 12.6. The predicted molar refractivity (Wildman–Crippen MR) is 101 cm³/mol. The Labute approximate surface area is 155 Å². The van der Waals surface area contributed by atoms with Crippen LogP contribution in [0.1, 0.15) is 39.7 Å². The summed E-state index contributed by atoms with van der Waals surface area (Å²) in [6.07, 6.45) is 2.32. The van der Waals surface area contributed by atoms with Crippen LogP contribution < -0.4 is 5.32 Å². The highest BCUT2D eigenvalue weighted by Crippen LogP contribution is 2.28. The van der Waals surface area contributed by atoms with Crippen molar-refractivity contribution in [2.45, 2.75) is 26.8 Å². The molecule has 2 heterocycles. The Morgan fingerprint density at radius 1 is 1.23 bits per heavy atom. The Morgan fingerprint density at radius 3 is 2.81 bits per heavy atom. The van der Waals surface area contributed by atoms with Gasteiger partial charge in [0.15, 0.2) is 5.78 Å². The molecule has 6 nitrogen and oxygen atoms in total. The molecule has 3 rings (SSSR count). The van der Waals surface area contributed by atoms with E-state index in [-0.39, 0.29) is 11.7 Å². The third-order valence-electron chi connectivity index (χ3n) is 4.03. The van der Waals surface area contributed by atoms with E-state index in [0.717, 1.165) is 27.7 Å². The molecule has 1 amide bonds. The normalized spacial score (nSPS) is 10.7. The maximum atomic E-state index is 12.4. The van der Waals surface area contributed by atoms with Crippen LogP contribution in [0.15, 0.2) is 42.7 Å². The Kier molecular flexibility index (Phi) is 5.58. The first-order valence-electron chi connectivity index (χ1n) is 8.44. The number of hydrogen-bond donors (Lipinski definition) is 1. The summed E-state index contributed by atoms with van der Waals surface area (Å²) in [5.41, 5.74) is 1.53. The third kappa shape index (κ3) is 4.05. The lowest BCUT2D eigenvalue weighted by atomic mass is 10.1. The number of nitrogens with zero attached hydrogens (tertiary/aromatic N) is 3. The van der Waals surface area contributed by atoms with Crippen LogP contribution in [-0.2, 0) is 13.0 Å². The number of amides is 1. The summed E-state index contributed by atoms with van der Waals surface area (Å²) >= 11 is 1.44. The Hall–Kier alpha value is -2.80. The quantitative estimate of drug-likeness (QED) is 0.650. The van der Waals surface area contributed by atoms with Crippen molar-refractivity contribution in [2.24, 2.45) is 0 Å². The minimum Gasteiger partial charge on any atom is -0.352 e. The number of benzene rings is 1. The van der Waals surface area contributed by atoms with E-state index in [2.05, 4.69) is 15.5 Å². The van der Waals surface area contributed by atoms with Crippen LogP contribution >= 0.6 is 11.3 Å². The molecule has 0 fully saturated rings. The van der Waals surface area contributed by atoms with E-state index >= 15 is 0 Å². The molecule has 1 aromatic carbocycles. The van der Waals surface area contributed by atoms with E-state index in [4.69, 9.17) is 0 Å². The average molecular weight is 368 g/mol. The van der Waals surface area contributed by atoms with Crippen LogP contribution in [0.4, 0.5) is 0 Å². The minimum absolute atomic E-state index is 0.0510. The lowest BCUT2D eigenvalue weighted by Gasteiger charge is -2.07. The van der Waals surface area contributed by atoms with Gasteiger partial charge in [-0.25, -0.2) is 0 Å². The molecule has 0 spiro atoms. The zero-order valence-electron chi connectivity index (χ0n) is 14.7. The fourth-order valence-electron chi connectivity index (χ4n) is 2.62. The van der Waals surface area contributed by atoms with E-state index in [1.54, 1.807) is 19.3 Å². The van der Waals surface area contributed by atoms with E-state index in [9.17, 15) is 9.59 Å². The van der Waals surface area contributed by atoms with Gasteiger partial charge in [0.2, 0.25) is 0 Å². The van der Waals surface area contributed by atoms with Crippen molar-refractivity contribution < 1.29 is 9.59 Å². The van der Waals surface area contributed by atoms with Gasteiger partial charge in [-0.3, -0.25) is 9.59 Å². The van der Waals surface area contributed by atoms with Crippen molar-refractivity contribution in [1.29, 1.82) is 0 Å². The molecule has 26 heavy (non-hydrogen) atoms. The van der Waals surface area contributed by atoms with Crippen molar-refractivity contribution >= 4 is 23.0 Å². The van der Waals surface area contributed by atoms with Crippen LogP contribution in [0.5, 0.6) is 0 Å². The standard InChI is InChI=1S/C19H20N4O2S/c1-3-23-12-21-22-18(23)9-10-20-19(25)15-6-4-5-14(11-15)17-8-7-16(26-17)13(2)24/h4-8,11-12H,3,9-10H2,1-2H3,(H,20,25). The summed E-state index contributed by atoms with van der Waals surface area (Å²) in [7, 11) is 0. The van der Waals surface area contributed by atoms with Gasteiger partial charge in [0.1, 0.15) is 12.2 Å². The van der Waals surface area contributed by atoms with E-state index in [1.165, 1.54) is 11.3 Å². The van der Waals surface area contributed by atoms with Gasteiger partial charge >= 0.3 is 0 Å². The monoisotopic (exact) mass is 368 g/mol. The number of rotatable bonds is 7. The fraction of sp³-hybridized carbons (Fsp3) is 0.263. The molecule has 0 aliphatic carbocycles. The van der Waals surface area contributed by atoms with Crippen molar-refractivity contribution in [3.63, 3.8) is 0 Å². The van der Waals surface area contributed by atoms with Crippen LogP contribution in [0.25, 0.3) is 10.4 Å². The zero-order chi connectivity index (χ0) is 18.5. The van der Waals surface area contributed by atoms with Gasteiger partial charge in [0.05, 0.1) is 4.88 Å². The second-order valence-corrected chi connectivity index (χ2v) is 6.92. The summed E-state index contributed by atoms with van der Waals surface area (Å²) in [5.74, 6) is 0.782. The first kappa shape index (κ1) is 18.0. The van der Waals surface area contributed by atoms with Gasteiger partial charge in [-0.15, -0.1) is 21.5 Å². The Bertz CT molecular complexity index is 929. The average Bonchev–Trinajstić information content (AvgIpc) is 3.31. The molecule has 1 N–H and O–H groups in total. The number of carbonyl (C=O) groups excluding carboxylic acids is 2. The number of ketones is 1. The molecule has 7 heteroatoms. The molecular weight excluding hydrogens is 348 g/mol.